The molecule has 0 radical (unpaired) electrons. The van der Waals surface area contributed by atoms with Gasteiger partial charge < -0.3 is 10.2 Å². The third kappa shape index (κ3) is 3.60. The van der Waals surface area contributed by atoms with Crippen molar-refractivity contribution in [1.29, 1.82) is 0 Å². The lowest BCUT2D eigenvalue weighted by atomic mass is 10.2. The Bertz CT molecular complexity index is 358. The molecule has 1 saturated heterocycles. The zero-order chi connectivity index (χ0) is 11.5. The first-order chi connectivity index (χ1) is 7.70. The Kier molecular flexibility index (Phi) is 7.28. The van der Waals surface area contributed by atoms with Crippen LogP contribution in [-0.2, 0) is 4.79 Å². The molecule has 1 amide bonds. The maximum atomic E-state index is 12.2. The molecule has 5 nitrogen and oxygen atoms in total. The van der Waals surface area contributed by atoms with E-state index in [1.165, 1.54) is 0 Å². The SMILES string of the molecule is CC(C(=O)N1CCNC[C@@H]1C)n1cccn1.Cl.Cl. The van der Waals surface area contributed by atoms with Crippen LogP contribution < -0.4 is 5.32 Å². The number of piperazine rings is 1. The summed E-state index contributed by atoms with van der Waals surface area (Å²) in [5.41, 5.74) is 0. The van der Waals surface area contributed by atoms with Crippen LogP contribution in [0.1, 0.15) is 19.9 Å². The van der Waals surface area contributed by atoms with Crippen molar-refractivity contribution in [3.63, 3.8) is 0 Å². The highest BCUT2D eigenvalue weighted by atomic mass is 35.5. The van der Waals surface area contributed by atoms with E-state index in [0.717, 1.165) is 19.6 Å². The van der Waals surface area contributed by atoms with Crippen molar-refractivity contribution in [3.05, 3.63) is 18.5 Å². The van der Waals surface area contributed by atoms with E-state index in [-0.39, 0.29) is 42.8 Å². The molecule has 0 aromatic carbocycles. The minimum absolute atomic E-state index is 0. The Morgan fingerprint density at radius 2 is 2.22 bits per heavy atom. The van der Waals surface area contributed by atoms with Gasteiger partial charge in [-0.3, -0.25) is 9.48 Å². The van der Waals surface area contributed by atoms with E-state index in [4.69, 9.17) is 0 Å². The molecule has 7 heteroatoms. The quantitative estimate of drug-likeness (QED) is 0.889. The standard InChI is InChI=1S/C11H18N4O.2ClH/c1-9-8-12-5-7-14(9)11(16)10(2)15-6-3-4-13-15;;/h3-4,6,9-10,12H,5,7-8H2,1-2H3;2*1H/t9-,10?;;/m0../s1. The van der Waals surface area contributed by atoms with Crippen molar-refractivity contribution in [1.82, 2.24) is 20.0 Å². The van der Waals surface area contributed by atoms with Gasteiger partial charge in [-0.2, -0.15) is 5.10 Å². The normalized spacial score (nSPS) is 20.6. The van der Waals surface area contributed by atoms with Gasteiger partial charge in [0.2, 0.25) is 5.91 Å². The predicted octanol–water partition coefficient (Wildman–Crippen LogP) is 1.11. The van der Waals surface area contributed by atoms with Gasteiger partial charge in [-0.1, -0.05) is 0 Å². The van der Waals surface area contributed by atoms with Crippen LogP contribution in [0.3, 0.4) is 0 Å². The maximum Gasteiger partial charge on any atom is 0.247 e. The average molecular weight is 295 g/mol. The molecule has 0 saturated carbocycles. The highest BCUT2D eigenvalue weighted by Gasteiger charge is 2.27. The van der Waals surface area contributed by atoms with E-state index < -0.39 is 0 Å². The van der Waals surface area contributed by atoms with Crippen LogP contribution in [0.4, 0.5) is 0 Å². The molecule has 1 unspecified atom stereocenters. The van der Waals surface area contributed by atoms with E-state index in [0.29, 0.717) is 0 Å². The van der Waals surface area contributed by atoms with Gasteiger partial charge in [0.25, 0.3) is 0 Å². The maximum absolute atomic E-state index is 12.2. The van der Waals surface area contributed by atoms with Crippen molar-refractivity contribution in [2.75, 3.05) is 19.6 Å². The molecule has 1 aromatic rings. The van der Waals surface area contributed by atoms with E-state index in [2.05, 4.69) is 17.3 Å². The topological polar surface area (TPSA) is 50.2 Å². The number of carbonyl (C=O) groups excluding carboxylic acids is 1. The fraction of sp³-hybridized carbons (Fsp3) is 0.636. The van der Waals surface area contributed by atoms with E-state index in [1.54, 1.807) is 10.9 Å². The lowest BCUT2D eigenvalue weighted by molar-refractivity contribution is -0.137. The number of carbonyl (C=O) groups is 1. The minimum atomic E-state index is -0.212. The van der Waals surface area contributed by atoms with E-state index >= 15 is 0 Å². The van der Waals surface area contributed by atoms with Crippen LogP contribution in [0.5, 0.6) is 0 Å². The lowest BCUT2D eigenvalue weighted by Gasteiger charge is -2.35. The summed E-state index contributed by atoms with van der Waals surface area (Å²) in [7, 11) is 0. The minimum Gasteiger partial charge on any atom is -0.336 e. The highest BCUT2D eigenvalue weighted by Crippen LogP contribution is 2.12. The first-order valence-electron chi connectivity index (χ1n) is 5.70. The monoisotopic (exact) mass is 294 g/mol. The molecule has 0 bridgehead atoms. The molecule has 1 aliphatic rings. The summed E-state index contributed by atoms with van der Waals surface area (Å²) in [4.78, 5) is 14.2. The van der Waals surface area contributed by atoms with Crippen molar-refractivity contribution >= 4 is 30.7 Å². The number of aromatic nitrogens is 2. The Morgan fingerprint density at radius 1 is 1.50 bits per heavy atom. The molecule has 1 N–H and O–H groups in total. The largest absolute Gasteiger partial charge is 0.336 e. The van der Waals surface area contributed by atoms with Crippen LogP contribution in [0.15, 0.2) is 18.5 Å². The van der Waals surface area contributed by atoms with E-state index in [1.807, 2.05) is 24.1 Å². The van der Waals surface area contributed by atoms with Crippen molar-refractivity contribution < 1.29 is 4.79 Å². The van der Waals surface area contributed by atoms with Gasteiger partial charge in [-0.05, 0) is 19.9 Å². The third-order valence-corrected chi connectivity index (χ3v) is 3.06. The second-order valence-corrected chi connectivity index (χ2v) is 4.25. The Balaban J connectivity index is 0.00000144. The van der Waals surface area contributed by atoms with Gasteiger partial charge in [-0.15, -0.1) is 24.8 Å². The van der Waals surface area contributed by atoms with Crippen LogP contribution in [0.2, 0.25) is 0 Å². The molecular formula is C11H20Cl2N4O. The van der Waals surface area contributed by atoms with Crippen LogP contribution in [0.25, 0.3) is 0 Å². The van der Waals surface area contributed by atoms with E-state index in [9.17, 15) is 4.79 Å². The molecular weight excluding hydrogens is 275 g/mol. The summed E-state index contributed by atoms with van der Waals surface area (Å²) in [6.07, 6.45) is 3.53. The molecule has 2 atom stereocenters. The molecule has 0 spiro atoms. The number of nitrogens with one attached hydrogen (secondary N) is 1. The number of hydrogen-bond acceptors (Lipinski definition) is 3. The molecule has 1 fully saturated rings. The summed E-state index contributed by atoms with van der Waals surface area (Å²) in [6, 6.07) is 1.89. The number of hydrogen-bond donors (Lipinski definition) is 1. The zero-order valence-electron chi connectivity index (χ0n) is 10.6. The fourth-order valence-electron chi connectivity index (χ4n) is 2.03. The molecule has 2 rings (SSSR count). The van der Waals surface area contributed by atoms with Gasteiger partial charge >= 0.3 is 0 Å². The Hall–Kier alpha value is -0.780. The third-order valence-electron chi connectivity index (χ3n) is 3.06. The van der Waals surface area contributed by atoms with Crippen molar-refractivity contribution in [3.8, 4) is 0 Å². The number of amides is 1. The Morgan fingerprint density at radius 3 is 2.78 bits per heavy atom. The number of nitrogens with zero attached hydrogens (tertiary/aromatic N) is 3. The number of rotatable bonds is 2. The summed E-state index contributed by atoms with van der Waals surface area (Å²) < 4.78 is 1.71. The van der Waals surface area contributed by atoms with Gasteiger partial charge in [0.15, 0.2) is 0 Å². The lowest BCUT2D eigenvalue weighted by Crippen LogP contribution is -2.53. The Labute approximate surface area is 120 Å². The second-order valence-electron chi connectivity index (χ2n) is 4.25. The predicted molar refractivity (Wildman–Crippen MR) is 75.5 cm³/mol. The van der Waals surface area contributed by atoms with Gasteiger partial charge in [0, 0.05) is 38.1 Å². The first kappa shape index (κ1) is 17.2. The van der Waals surface area contributed by atoms with Crippen LogP contribution in [0, 0.1) is 0 Å². The van der Waals surface area contributed by atoms with Gasteiger partial charge in [0.1, 0.15) is 6.04 Å². The average Bonchev–Trinajstić information content (AvgIpc) is 2.81. The van der Waals surface area contributed by atoms with Gasteiger partial charge in [-0.25, -0.2) is 0 Å². The summed E-state index contributed by atoms with van der Waals surface area (Å²) >= 11 is 0. The molecule has 1 aliphatic heterocycles. The zero-order valence-corrected chi connectivity index (χ0v) is 12.2. The summed E-state index contributed by atoms with van der Waals surface area (Å²) in [6.45, 7) is 6.50. The van der Waals surface area contributed by atoms with Gasteiger partial charge in [0.05, 0.1) is 0 Å². The smallest absolute Gasteiger partial charge is 0.247 e. The second kappa shape index (κ2) is 7.61. The highest BCUT2D eigenvalue weighted by molar-refractivity contribution is 5.85. The molecule has 2 heterocycles. The molecule has 104 valence electrons. The van der Waals surface area contributed by atoms with Crippen molar-refractivity contribution in [2.45, 2.75) is 25.9 Å². The molecule has 0 aliphatic carbocycles. The molecule has 18 heavy (non-hydrogen) atoms. The fourth-order valence-corrected chi connectivity index (χ4v) is 2.03. The van der Waals surface area contributed by atoms with Crippen molar-refractivity contribution in [2.24, 2.45) is 0 Å². The first-order valence-corrected chi connectivity index (χ1v) is 5.70. The van der Waals surface area contributed by atoms with Crippen LogP contribution in [-0.4, -0.2) is 46.3 Å². The number of halogens is 2. The molecule has 1 aromatic heterocycles. The van der Waals surface area contributed by atoms with Crippen LogP contribution >= 0.6 is 24.8 Å². The summed E-state index contributed by atoms with van der Waals surface area (Å²) in [5, 5.41) is 7.39. The summed E-state index contributed by atoms with van der Waals surface area (Å²) in [5.74, 6) is 0.151.